The lowest BCUT2D eigenvalue weighted by Crippen LogP contribution is -2.51. The lowest BCUT2D eigenvalue weighted by atomic mass is 9.67. The second kappa shape index (κ2) is 9.43. The van der Waals surface area contributed by atoms with E-state index in [1.807, 2.05) is 42.6 Å². The third-order valence-electron chi connectivity index (χ3n) is 6.66. The number of amidine groups is 1. The van der Waals surface area contributed by atoms with E-state index < -0.39 is 11.3 Å². The Kier molecular flexibility index (Phi) is 6.55. The van der Waals surface area contributed by atoms with Crippen LogP contribution in [0.5, 0.6) is 17.2 Å². The second-order valence-electron chi connectivity index (χ2n) is 8.72. The molecule has 1 amide bonds. The lowest BCUT2D eigenvalue weighted by molar-refractivity contribution is -0.131. The van der Waals surface area contributed by atoms with Gasteiger partial charge in [0.15, 0.2) is 11.5 Å². The van der Waals surface area contributed by atoms with Crippen molar-refractivity contribution in [2.24, 2.45) is 0 Å². The van der Waals surface area contributed by atoms with Crippen LogP contribution in [0.1, 0.15) is 35.3 Å². The quantitative estimate of drug-likeness (QED) is 0.514. The molecule has 0 radical (unpaired) electrons. The maximum absolute atomic E-state index is 13.7. The Balaban J connectivity index is 1.87. The molecule has 1 aromatic heterocycles. The van der Waals surface area contributed by atoms with E-state index in [2.05, 4.69) is 12.1 Å². The molecule has 35 heavy (non-hydrogen) atoms. The lowest BCUT2D eigenvalue weighted by Gasteiger charge is -2.44. The first kappa shape index (κ1) is 24.3. The van der Waals surface area contributed by atoms with Crippen LogP contribution >= 0.6 is 11.3 Å². The average molecular weight is 490 g/mol. The average Bonchev–Trinajstić information content (AvgIpc) is 3.38. The fraction of sp³-hybridized carbons (Fsp3) is 0.296. The molecule has 1 saturated heterocycles. The first-order chi connectivity index (χ1) is 16.8. The molecular formula is C27H27N3O4S. The first-order valence-electron chi connectivity index (χ1n) is 11.0. The summed E-state index contributed by atoms with van der Waals surface area (Å²) in [4.78, 5) is 16.1. The number of hydrogen-bond donors (Lipinski definition) is 1. The fourth-order valence-corrected chi connectivity index (χ4v) is 5.84. The Morgan fingerprint density at radius 1 is 1.09 bits per heavy atom. The number of rotatable bonds is 6. The van der Waals surface area contributed by atoms with Gasteiger partial charge in [0, 0.05) is 23.8 Å². The van der Waals surface area contributed by atoms with Gasteiger partial charge < -0.3 is 19.1 Å². The standard InChI is InChI=1S/C27H27N3O4S/c1-27(22-12-19(15-35-22)17-8-6-7-16(9-17)14-28)13-23(29)30(2)26(31)24(27)18-10-20(32-3)25(34-5)21(11-18)33-4/h6-12,15,24,29H,13H2,1-5H3/t24?,27-/m1/s1. The van der Waals surface area contributed by atoms with Crippen molar-refractivity contribution < 1.29 is 19.0 Å². The molecule has 1 unspecified atom stereocenters. The van der Waals surface area contributed by atoms with Crippen molar-refractivity contribution in [1.29, 1.82) is 10.7 Å². The Labute approximate surface area is 209 Å². The fourth-order valence-electron chi connectivity index (χ4n) is 4.73. The minimum atomic E-state index is -0.680. The largest absolute Gasteiger partial charge is 0.493 e. The van der Waals surface area contributed by atoms with E-state index >= 15 is 0 Å². The van der Waals surface area contributed by atoms with Crippen molar-refractivity contribution in [2.45, 2.75) is 24.7 Å². The molecule has 7 nitrogen and oxygen atoms in total. The molecule has 2 aromatic carbocycles. The molecule has 0 spiro atoms. The molecule has 4 rings (SSSR count). The van der Waals surface area contributed by atoms with E-state index in [0.29, 0.717) is 29.2 Å². The zero-order chi connectivity index (χ0) is 25.3. The van der Waals surface area contributed by atoms with E-state index in [4.69, 9.17) is 19.6 Å². The van der Waals surface area contributed by atoms with Gasteiger partial charge in [-0.3, -0.25) is 10.2 Å². The van der Waals surface area contributed by atoms with Gasteiger partial charge in [-0.05, 0) is 52.4 Å². The maximum Gasteiger partial charge on any atom is 0.236 e. The number of carbonyl (C=O) groups is 1. The molecule has 0 bridgehead atoms. The number of amides is 1. The van der Waals surface area contributed by atoms with Crippen LogP contribution < -0.4 is 14.2 Å². The number of ether oxygens (including phenoxy) is 3. The van der Waals surface area contributed by atoms with Gasteiger partial charge in [-0.1, -0.05) is 19.1 Å². The molecule has 1 aliphatic rings. The highest BCUT2D eigenvalue weighted by Gasteiger charge is 2.49. The van der Waals surface area contributed by atoms with Crippen molar-refractivity contribution in [3.63, 3.8) is 0 Å². The van der Waals surface area contributed by atoms with E-state index in [1.165, 1.54) is 4.90 Å². The number of thiophene rings is 1. The van der Waals surface area contributed by atoms with Crippen molar-refractivity contribution in [2.75, 3.05) is 28.4 Å². The number of likely N-dealkylation sites (tertiary alicyclic amines) is 1. The van der Waals surface area contributed by atoms with Crippen LogP contribution in [0.4, 0.5) is 0 Å². The molecule has 1 fully saturated rings. The van der Waals surface area contributed by atoms with E-state index in [-0.39, 0.29) is 11.7 Å². The highest BCUT2D eigenvalue weighted by Crippen LogP contribution is 2.51. The van der Waals surface area contributed by atoms with Gasteiger partial charge >= 0.3 is 0 Å². The van der Waals surface area contributed by atoms with Crippen LogP contribution in [0.2, 0.25) is 0 Å². The number of carbonyl (C=O) groups excluding carboxylic acids is 1. The third kappa shape index (κ3) is 4.13. The molecule has 2 atom stereocenters. The Morgan fingerprint density at radius 2 is 1.77 bits per heavy atom. The van der Waals surface area contributed by atoms with E-state index in [9.17, 15) is 10.1 Å². The molecule has 3 aromatic rings. The van der Waals surface area contributed by atoms with Gasteiger partial charge in [0.25, 0.3) is 0 Å². The summed E-state index contributed by atoms with van der Waals surface area (Å²) < 4.78 is 16.6. The molecule has 1 aliphatic heterocycles. The van der Waals surface area contributed by atoms with Crippen LogP contribution in [0.3, 0.4) is 0 Å². The van der Waals surface area contributed by atoms with Crippen LogP contribution in [0, 0.1) is 16.7 Å². The summed E-state index contributed by atoms with van der Waals surface area (Å²) in [7, 11) is 6.28. The van der Waals surface area contributed by atoms with Crippen molar-refractivity contribution in [1.82, 2.24) is 4.90 Å². The summed E-state index contributed by atoms with van der Waals surface area (Å²) in [5.74, 6) is 0.927. The first-order valence-corrected chi connectivity index (χ1v) is 11.9. The van der Waals surface area contributed by atoms with Gasteiger partial charge in [0.2, 0.25) is 11.7 Å². The number of nitrogens with zero attached hydrogens (tertiary/aromatic N) is 2. The van der Waals surface area contributed by atoms with Gasteiger partial charge in [-0.15, -0.1) is 11.3 Å². The second-order valence-corrected chi connectivity index (χ2v) is 9.63. The topological polar surface area (TPSA) is 95.6 Å². The number of likely N-dealkylation sites (N-methyl/N-ethyl adjacent to an activating group) is 1. The zero-order valence-corrected chi connectivity index (χ0v) is 21.2. The summed E-state index contributed by atoms with van der Waals surface area (Å²) in [6.45, 7) is 2.03. The minimum absolute atomic E-state index is 0.167. The van der Waals surface area contributed by atoms with Crippen LogP contribution in [-0.4, -0.2) is 45.0 Å². The predicted molar refractivity (Wildman–Crippen MR) is 136 cm³/mol. The molecule has 1 N–H and O–H groups in total. The SMILES string of the molecule is COc1cc(C2C(=O)N(C)C(=N)C[C@]2(C)c2cc(-c3cccc(C#N)c3)cs2)cc(OC)c1OC. The maximum atomic E-state index is 13.7. The monoisotopic (exact) mass is 489 g/mol. The summed E-state index contributed by atoms with van der Waals surface area (Å²) >= 11 is 1.56. The third-order valence-corrected chi connectivity index (χ3v) is 7.87. The van der Waals surface area contributed by atoms with Crippen LogP contribution in [0.25, 0.3) is 11.1 Å². The number of nitrogens with one attached hydrogen (secondary N) is 1. The highest BCUT2D eigenvalue weighted by atomic mass is 32.1. The smallest absolute Gasteiger partial charge is 0.236 e. The van der Waals surface area contributed by atoms with Crippen LogP contribution in [-0.2, 0) is 10.2 Å². The number of methoxy groups -OCH3 is 3. The van der Waals surface area contributed by atoms with Crippen molar-refractivity contribution in [3.8, 4) is 34.4 Å². The summed E-state index contributed by atoms with van der Waals surface area (Å²) in [5.41, 5.74) is 2.56. The van der Waals surface area contributed by atoms with E-state index in [0.717, 1.165) is 21.6 Å². The highest BCUT2D eigenvalue weighted by molar-refractivity contribution is 7.10. The van der Waals surface area contributed by atoms with Gasteiger partial charge in [-0.25, -0.2) is 0 Å². The van der Waals surface area contributed by atoms with Gasteiger partial charge in [-0.2, -0.15) is 5.26 Å². The van der Waals surface area contributed by atoms with Crippen molar-refractivity contribution >= 4 is 23.1 Å². The summed E-state index contributed by atoms with van der Waals surface area (Å²) in [6, 6.07) is 15.3. The molecular weight excluding hydrogens is 462 g/mol. The Bertz CT molecular complexity index is 1320. The zero-order valence-electron chi connectivity index (χ0n) is 20.3. The van der Waals surface area contributed by atoms with Crippen LogP contribution in [0.15, 0.2) is 47.8 Å². The number of hydrogen-bond acceptors (Lipinski definition) is 7. The molecule has 2 heterocycles. The van der Waals surface area contributed by atoms with Gasteiger partial charge in [0.05, 0.1) is 38.9 Å². The minimum Gasteiger partial charge on any atom is -0.493 e. The Hall–Kier alpha value is -3.83. The van der Waals surface area contributed by atoms with Gasteiger partial charge in [0.1, 0.15) is 5.84 Å². The number of nitriles is 1. The van der Waals surface area contributed by atoms with Crippen molar-refractivity contribution in [3.05, 3.63) is 63.8 Å². The molecule has 180 valence electrons. The van der Waals surface area contributed by atoms with E-state index in [1.54, 1.807) is 45.8 Å². The predicted octanol–water partition coefficient (Wildman–Crippen LogP) is 5.19. The summed E-state index contributed by atoms with van der Waals surface area (Å²) in [5, 5.41) is 19.9. The number of benzene rings is 2. The molecule has 8 heteroatoms. The molecule has 0 aliphatic carbocycles. The summed E-state index contributed by atoms with van der Waals surface area (Å²) in [6.07, 6.45) is 0.384. The normalized spacial score (nSPS) is 19.9. The Morgan fingerprint density at radius 3 is 2.37 bits per heavy atom. The number of piperidine rings is 1. The molecule has 0 saturated carbocycles.